The van der Waals surface area contributed by atoms with Crippen LogP contribution < -0.4 is 4.74 Å². The van der Waals surface area contributed by atoms with Crippen molar-refractivity contribution in [2.24, 2.45) is 0 Å². The topological polar surface area (TPSA) is 29.5 Å². The summed E-state index contributed by atoms with van der Waals surface area (Å²) in [4.78, 5) is 0. The van der Waals surface area contributed by atoms with Gasteiger partial charge in [0.2, 0.25) is 0 Å². The number of ether oxygens (including phenoxy) is 1. The van der Waals surface area contributed by atoms with Crippen molar-refractivity contribution in [1.82, 2.24) is 0 Å². The summed E-state index contributed by atoms with van der Waals surface area (Å²) in [5.74, 6) is 1.93. The van der Waals surface area contributed by atoms with Crippen LogP contribution in [0.3, 0.4) is 0 Å². The molecule has 4 heteroatoms. The highest BCUT2D eigenvalue weighted by Crippen LogP contribution is 2.17. The number of halogens is 1. The number of rotatable bonds is 8. The van der Waals surface area contributed by atoms with Crippen molar-refractivity contribution in [3.63, 3.8) is 0 Å². The number of hydrogen-bond acceptors (Lipinski definition) is 3. The van der Waals surface area contributed by atoms with Crippen LogP contribution in [0, 0.1) is 0 Å². The second-order valence-corrected chi connectivity index (χ2v) is 5.83. The van der Waals surface area contributed by atoms with E-state index in [1.807, 2.05) is 36.0 Å². The van der Waals surface area contributed by atoms with E-state index in [1.54, 1.807) is 0 Å². The Labute approximate surface area is 112 Å². The fourth-order valence-electron chi connectivity index (χ4n) is 1.33. The summed E-state index contributed by atoms with van der Waals surface area (Å²) in [6.45, 7) is 3.14. The number of aliphatic hydroxyl groups is 1. The van der Waals surface area contributed by atoms with Gasteiger partial charge in [-0.25, -0.2) is 0 Å². The van der Waals surface area contributed by atoms with E-state index in [0.29, 0.717) is 5.25 Å². The summed E-state index contributed by atoms with van der Waals surface area (Å²) < 4.78 is 5.58. The first-order valence-electron chi connectivity index (χ1n) is 5.83. The van der Waals surface area contributed by atoms with Crippen LogP contribution >= 0.6 is 23.4 Å². The number of benzene rings is 1. The number of aliphatic hydroxyl groups excluding tert-OH is 1. The van der Waals surface area contributed by atoms with Crippen molar-refractivity contribution in [3.8, 4) is 5.75 Å². The zero-order chi connectivity index (χ0) is 12.5. The molecule has 96 valence electrons. The molecule has 1 rings (SSSR count). The minimum atomic E-state index is 0.273. The Morgan fingerprint density at radius 3 is 2.71 bits per heavy atom. The normalized spacial score (nSPS) is 12.4. The minimum Gasteiger partial charge on any atom is -0.494 e. The van der Waals surface area contributed by atoms with Gasteiger partial charge in [-0.1, -0.05) is 18.5 Å². The Balaban J connectivity index is 2.06. The average molecular weight is 275 g/mol. The molecule has 0 heterocycles. The molecule has 0 bridgehead atoms. The first kappa shape index (κ1) is 14.7. The Kier molecular flexibility index (Phi) is 7.49. The van der Waals surface area contributed by atoms with Gasteiger partial charge in [0, 0.05) is 16.9 Å². The summed E-state index contributed by atoms with van der Waals surface area (Å²) >= 11 is 7.66. The van der Waals surface area contributed by atoms with Gasteiger partial charge < -0.3 is 9.84 Å². The standard InChI is InChI=1S/C13H19ClO2S/c1-11(7-8-15)17-10-2-9-16-13-5-3-12(14)4-6-13/h3-6,11,15H,2,7-10H2,1H3. The third-order valence-corrected chi connectivity index (χ3v) is 3.89. The summed E-state index contributed by atoms with van der Waals surface area (Å²) in [5.41, 5.74) is 0. The molecule has 1 aromatic carbocycles. The SMILES string of the molecule is CC(CCO)SCCCOc1ccc(Cl)cc1. The second kappa shape index (κ2) is 8.67. The quantitative estimate of drug-likeness (QED) is 0.735. The van der Waals surface area contributed by atoms with Crippen LogP contribution in [0.1, 0.15) is 19.8 Å². The van der Waals surface area contributed by atoms with E-state index in [2.05, 4.69) is 6.92 Å². The van der Waals surface area contributed by atoms with Crippen molar-refractivity contribution in [2.75, 3.05) is 19.0 Å². The Morgan fingerprint density at radius 2 is 2.06 bits per heavy atom. The number of thioether (sulfide) groups is 1. The largest absolute Gasteiger partial charge is 0.494 e. The van der Waals surface area contributed by atoms with Gasteiger partial charge in [0.25, 0.3) is 0 Å². The molecule has 0 saturated carbocycles. The first-order valence-corrected chi connectivity index (χ1v) is 7.26. The first-order chi connectivity index (χ1) is 8.22. The lowest BCUT2D eigenvalue weighted by atomic mass is 10.3. The highest BCUT2D eigenvalue weighted by molar-refractivity contribution is 7.99. The fraction of sp³-hybridized carbons (Fsp3) is 0.538. The highest BCUT2D eigenvalue weighted by Gasteiger charge is 2.01. The van der Waals surface area contributed by atoms with Gasteiger partial charge in [-0.2, -0.15) is 11.8 Å². The molecule has 0 fully saturated rings. The lowest BCUT2D eigenvalue weighted by molar-refractivity contribution is 0.288. The highest BCUT2D eigenvalue weighted by atomic mass is 35.5. The maximum Gasteiger partial charge on any atom is 0.119 e. The van der Waals surface area contributed by atoms with Crippen LogP contribution in [-0.2, 0) is 0 Å². The minimum absolute atomic E-state index is 0.273. The molecule has 0 aliphatic carbocycles. The molecule has 0 amide bonds. The summed E-state index contributed by atoms with van der Waals surface area (Å²) in [5, 5.41) is 10.0. The van der Waals surface area contributed by atoms with Crippen molar-refractivity contribution < 1.29 is 9.84 Å². The number of hydrogen-bond donors (Lipinski definition) is 1. The van der Waals surface area contributed by atoms with E-state index >= 15 is 0 Å². The van der Waals surface area contributed by atoms with Crippen molar-refractivity contribution in [2.45, 2.75) is 25.0 Å². The predicted octanol–water partition coefficient (Wildman–Crippen LogP) is 3.61. The maximum atomic E-state index is 8.76. The lowest BCUT2D eigenvalue weighted by Gasteiger charge is -2.09. The van der Waals surface area contributed by atoms with E-state index in [1.165, 1.54) is 0 Å². The van der Waals surface area contributed by atoms with Crippen LogP contribution in [0.2, 0.25) is 5.02 Å². The van der Waals surface area contributed by atoms with Crippen LogP contribution in [-0.4, -0.2) is 29.3 Å². The van der Waals surface area contributed by atoms with Crippen molar-refractivity contribution in [3.05, 3.63) is 29.3 Å². The molecule has 0 aliphatic rings. The molecule has 1 unspecified atom stereocenters. The molecule has 0 radical (unpaired) electrons. The summed E-state index contributed by atoms with van der Waals surface area (Å²) in [6, 6.07) is 7.41. The van der Waals surface area contributed by atoms with Crippen molar-refractivity contribution >= 4 is 23.4 Å². The zero-order valence-electron chi connectivity index (χ0n) is 10.1. The van der Waals surface area contributed by atoms with Gasteiger partial charge in [-0.05, 0) is 42.9 Å². The zero-order valence-corrected chi connectivity index (χ0v) is 11.6. The van der Waals surface area contributed by atoms with Gasteiger partial charge in [-0.3, -0.25) is 0 Å². The molecule has 0 saturated heterocycles. The van der Waals surface area contributed by atoms with E-state index in [9.17, 15) is 0 Å². The monoisotopic (exact) mass is 274 g/mol. The summed E-state index contributed by atoms with van der Waals surface area (Å²) in [6.07, 6.45) is 1.88. The lowest BCUT2D eigenvalue weighted by Crippen LogP contribution is -2.03. The van der Waals surface area contributed by atoms with Crippen LogP contribution in [0.15, 0.2) is 24.3 Å². The van der Waals surface area contributed by atoms with E-state index in [-0.39, 0.29) is 6.61 Å². The van der Waals surface area contributed by atoms with Gasteiger partial charge in [0.15, 0.2) is 0 Å². The molecular weight excluding hydrogens is 256 g/mol. The second-order valence-electron chi connectivity index (χ2n) is 3.85. The predicted molar refractivity (Wildman–Crippen MR) is 75.2 cm³/mol. The summed E-state index contributed by atoms with van der Waals surface area (Å²) in [7, 11) is 0. The Hall–Kier alpha value is -0.380. The van der Waals surface area contributed by atoms with E-state index < -0.39 is 0 Å². The van der Waals surface area contributed by atoms with Gasteiger partial charge in [0.05, 0.1) is 6.61 Å². The van der Waals surface area contributed by atoms with Gasteiger partial charge in [0.1, 0.15) is 5.75 Å². The van der Waals surface area contributed by atoms with Crippen LogP contribution in [0.4, 0.5) is 0 Å². The van der Waals surface area contributed by atoms with Gasteiger partial charge in [-0.15, -0.1) is 0 Å². The van der Waals surface area contributed by atoms with E-state index in [0.717, 1.165) is 36.0 Å². The molecule has 17 heavy (non-hydrogen) atoms. The molecule has 0 aromatic heterocycles. The third-order valence-electron chi connectivity index (χ3n) is 2.31. The third kappa shape index (κ3) is 6.81. The molecule has 0 spiro atoms. The Bertz CT molecular complexity index is 303. The maximum absolute atomic E-state index is 8.76. The van der Waals surface area contributed by atoms with Crippen molar-refractivity contribution in [1.29, 1.82) is 0 Å². The molecule has 1 N–H and O–H groups in total. The molecule has 1 atom stereocenters. The average Bonchev–Trinajstić information content (AvgIpc) is 2.31. The van der Waals surface area contributed by atoms with Gasteiger partial charge >= 0.3 is 0 Å². The smallest absolute Gasteiger partial charge is 0.119 e. The van der Waals surface area contributed by atoms with Crippen LogP contribution in [0.25, 0.3) is 0 Å². The van der Waals surface area contributed by atoms with E-state index in [4.69, 9.17) is 21.4 Å². The molecule has 1 aromatic rings. The molecule has 2 nitrogen and oxygen atoms in total. The van der Waals surface area contributed by atoms with Crippen LogP contribution in [0.5, 0.6) is 5.75 Å². The molecular formula is C13H19ClO2S. The fourth-order valence-corrected chi connectivity index (χ4v) is 2.41. The molecule has 0 aliphatic heterocycles. The Morgan fingerprint density at radius 1 is 1.35 bits per heavy atom.